The van der Waals surface area contributed by atoms with E-state index in [-0.39, 0.29) is 17.9 Å². The molecule has 2 rings (SSSR count). The first-order valence-electron chi connectivity index (χ1n) is 8.13. The molecule has 1 aliphatic heterocycles. The number of imidazole rings is 1. The number of rotatable bonds is 5. The fourth-order valence-corrected chi connectivity index (χ4v) is 2.53. The summed E-state index contributed by atoms with van der Waals surface area (Å²) in [7, 11) is 1.90. The third-order valence-electron chi connectivity index (χ3n) is 4.01. The number of carbonyl (C=O) groups excluding carboxylic acids is 2. The van der Waals surface area contributed by atoms with Crippen molar-refractivity contribution in [3.63, 3.8) is 0 Å². The lowest BCUT2D eigenvalue weighted by Crippen LogP contribution is -2.43. The van der Waals surface area contributed by atoms with Crippen LogP contribution in [0.25, 0.3) is 0 Å². The molecular formula is C16H26N4O3. The Morgan fingerprint density at radius 1 is 1.39 bits per heavy atom. The molecule has 2 amide bonds. The molecule has 0 aliphatic carbocycles. The number of carbonyl (C=O) groups is 2. The van der Waals surface area contributed by atoms with Crippen molar-refractivity contribution in [2.45, 2.75) is 33.2 Å². The van der Waals surface area contributed by atoms with Gasteiger partial charge in [0.05, 0.1) is 13.2 Å². The molecule has 1 N–H and O–H groups in total. The molecule has 0 aromatic carbocycles. The molecule has 1 aliphatic rings. The molecular weight excluding hydrogens is 296 g/mol. The number of ether oxygens (including phenoxy) is 1. The summed E-state index contributed by atoms with van der Waals surface area (Å²) in [5, 5.41) is 2.92. The summed E-state index contributed by atoms with van der Waals surface area (Å²) in [5.41, 5.74) is 0. The zero-order valence-corrected chi connectivity index (χ0v) is 14.1. The molecule has 2 heterocycles. The second kappa shape index (κ2) is 7.99. The highest BCUT2D eigenvalue weighted by atomic mass is 16.6. The minimum atomic E-state index is -0.273. The van der Waals surface area contributed by atoms with Gasteiger partial charge in [0.15, 0.2) is 0 Å². The van der Waals surface area contributed by atoms with Crippen molar-refractivity contribution in [1.29, 1.82) is 0 Å². The first-order valence-corrected chi connectivity index (χ1v) is 8.13. The van der Waals surface area contributed by atoms with Crippen LogP contribution in [-0.4, -0.2) is 46.1 Å². The number of nitrogens with zero attached hydrogens (tertiary/aromatic N) is 3. The molecule has 1 saturated heterocycles. The SMILES string of the molecule is CC(C)COC(=O)N1CCC(C(=O)NCc2nccn2C)CC1. The fourth-order valence-electron chi connectivity index (χ4n) is 2.53. The van der Waals surface area contributed by atoms with Crippen molar-refractivity contribution in [3.05, 3.63) is 18.2 Å². The van der Waals surface area contributed by atoms with Gasteiger partial charge in [0.2, 0.25) is 5.91 Å². The normalized spacial score (nSPS) is 15.7. The zero-order chi connectivity index (χ0) is 16.8. The molecule has 0 radical (unpaired) electrons. The van der Waals surface area contributed by atoms with Gasteiger partial charge in [0, 0.05) is 38.4 Å². The van der Waals surface area contributed by atoms with Gasteiger partial charge in [-0.15, -0.1) is 0 Å². The first kappa shape index (κ1) is 17.3. The Labute approximate surface area is 137 Å². The summed E-state index contributed by atoms with van der Waals surface area (Å²) >= 11 is 0. The minimum absolute atomic E-state index is 0.0307. The molecule has 0 unspecified atom stereocenters. The van der Waals surface area contributed by atoms with Crippen molar-refractivity contribution in [3.8, 4) is 0 Å². The topological polar surface area (TPSA) is 76.5 Å². The molecule has 1 aromatic rings. The molecule has 0 atom stereocenters. The van der Waals surface area contributed by atoms with Crippen LogP contribution in [0.4, 0.5) is 4.79 Å². The predicted molar refractivity (Wildman–Crippen MR) is 85.5 cm³/mol. The van der Waals surface area contributed by atoms with Gasteiger partial charge in [-0.05, 0) is 18.8 Å². The fraction of sp³-hybridized carbons (Fsp3) is 0.688. The second-order valence-corrected chi connectivity index (χ2v) is 6.40. The second-order valence-electron chi connectivity index (χ2n) is 6.40. The van der Waals surface area contributed by atoms with Gasteiger partial charge in [-0.1, -0.05) is 13.8 Å². The van der Waals surface area contributed by atoms with Crippen LogP contribution in [0.2, 0.25) is 0 Å². The highest BCUT2D eigenvalue weighted by Gasteiger charge is 2.28. The van der Waals surface area contributed by atoms with Crippen molar-refractivity contribution in [2.24, 2.45) is 18.9 Å². The average molecular weight is 322 g/mol. The number of aromatic nitrogens is 2. The number of nitrogens with one attached hydrogen (secondary N) is 1. The van der Waals surface area contributed by atoms with E-state index >= 15 is 0 Å². The minimum Gasteiger partial charge on any atom is -0.449 e. The third kappa shape index (κ3) is 4.97. The quantitative estimate of drug-likeness (QED) is 0.892. The number of hydrogen-bond acceptors (Lipinski definition) is 4. The van der Waals surface area contributed by atoms with E-state index in [1.54, 1.807) is 11.1 Å². The van der Waals surface area contributed by atoms with Crippen molar-refractivity contribution < 1.29 is 14.3 Å². The van der Waals surface area contributed by atoms with Crippen LogP contribution < -0.4 is 5.32 Å². The Bertz CT molecular complexity index is 533. The maximum atomic E-state index is 12.2. The third-order valence-corrected chi connectivity index (χ3v) is 4.01. The number of piperidine rings is 1. The summed E-state index contributed by atoms with van der Waals surface area (Å²) < 4.78 is 7.11. The molecule has 23 heavy (non-hydrogen) atoms. The van der Waals surface area contributed by atoms with E-state index in [0.717, 1.165) is 5.82 Å². The number of amides is 2. The van der Waals surface area contributed by atoms with Crippen LogP contribution in [0, 0.1) is 11.8 Å². The van der Waals surface area contributed by atoms with E-state index in [0.29, 0.717) is 45.0 Å². The standard InChI is InChI=1S/C16H26N4O3/c1-12(2)11-23-16(22)20-7-4-13(5-8-20)15(21)18-10-14-17-6-9-19(14)3/h6,9,12-13H,4-5,7-8,10-11H2,1-3H3,(H,18,21). The van der Waals surface area contributed by atoms with E-state index in [1.165, 1.54) is 0 Å². The summed E-state index contributed by atoms with van der Waals surface area (Å²) in [6.45, 7) is 6.01. The van der Waals surface area contributed by atoms with E-state index in [9.17, 15) is 9.59 Å². The summed E-state index contributed by atoms with van der Waals surface area (Å²) in [6, 6.07) is 0. The number of aryl methyl sites for hydroxylation is 1. The highest BCUT2D eigenvalue weighted by molar-refractivity contribution is 5.79. The van der Waals surface area contributed by atoms with Crippen molar-refractivity contribution >= 4 is 12.0 Å². The molecule has 0 saturated carbocycles. The Morgan fingerprint density at radius 3 is 2.65 bits per heavy atom. The highest BCUT2D eigenvalue weighted by Crippen LogP contribution is 2.18. The van der Waals surface area contributed by atoms with Gasteiger partial charge in [-0.3, -0.25) is 4.79 Å². The summed E-state index contributed by atoms with van der Waals surface area (Å²) in [6.07, 6.45) is 4.63. The molecule has 7 nitrogen and oxygen atoms in total. The molecule has 0 spiro atoms. The monoisotopic (exact) mass is 322 g/mol. The smallest absolute Gasteiger partial charge is 0.409 e. The molecule has 1 aromatic heterocycles. The number of hydrogen-bond donors (Lipinski definition) is 1. The lowest BCUT2D eigenvalue weighted by atomic mass is 9.96. The largest absolute Gasteiger partial charge is 0.449 e. The average Bonchev–Trinajstić information content (AvgIpc) is 2.95. The van der Waals surface area contributed by atoms with E-state index in [4.69, 9.17) is 4.74 Å². The summed E-state index contributed by atoms with van der Waals surface area (Å²) in [4.78, 5) is 30.0. The Hall–Kier alpha value is -2.05. The van der Waals surface area contributed by atoms with E-state index < -0.39 is 0 Å². The predicted octanol–water partition coefficient (Wildman–Crippen LogP) is 1.54. The maximum Gasteiger partial charge on any atom is 0.409 e. The van der Waals surface area contributed by atoms with Gasteiger partial charge in [-0.25, -0.2) is 9.78 Å². The maximum absolute atomic E-state index is 12.2. The zero-order valence-electron chi connectivity index (χ0n) is 14.1. The van der Waals surface area contributed by atoms with Crippen LogP contribution >= 0.6 is 0 Å². The lowest BCUT2D eigenvalue weighted by molar-refractivity contribution is -0.126. The molecule has 0 bridgehead atoms. The van der Waals surface area contributed by atoms with Crippen LogP contribution in [0.5, 0.6) is 0 Å². The van der Waals surface area contributed by atoms with Crippen molar-refractivity contribution in [2.75, 3.05) is 19.7 Å². The lowest BCUT2D eigenvalue weighted by Gasteiger charge is -2.30. The van der Waals surface area contributed by atoms with Gasteiger partial charge in [0.25, 0.3) is 0 Å². The Morgan fingerprint density at radius 2 is 2.09 bits per heavy atom. The van der Waals surface area contributed by atoms with Gasteiger partial charge < -0.3 is 19.5 Å². The molecule has 7 heteroatoms. The van der Waals surface area contributed by atoms with Crippen LogP contribution in [0.3, 0.4) is 0 Å². The molecule has 1 fully saturated rings. The van der Waals surface area contributed by atoms with Gasteiger partial charge >= 0.3 is 6.09 Å². The summed E-state index contributed by atoms with van der Waals surface area (Å²) in [5.74, 6) is 1.13. The molecule has 128 valence electrons. The Balaban J connectivity index is 1.72. The first-order chi connectivity index (χ1) is 11.0. The number of likely N-dealkylation sites (tertiary alicyclic amines) is 1. The van der Waals surface area contributed by atoms with Crippen LogP contribution in [0.15, 0.2) is 12.4 Å². The van der Waals surface area contributed by atoms with Crippen LogP contribution in [-0.2, 0) is 23.1 Å². The van der Waals surface area contributed by atoms with Gasteiger partial charge in [-0.2, -0.15) is 0 Å². The van der Waals surface area contributed by atoms with Gasteiger partial charge in [0.1, 0.15) is 5.82 Å². The Kier molecular flexibility index (Phi) is 6.01. The van der Waals surface area contributed by atoms with E-state index in [1.807, 2.05) is 31.7 Å². The van der Waals surface area contributed by atoms with Crippen LogP contribution in [0.1, 0.15) is 32.5 Å². The van der Waals surface area contributed by atoms with Crippen molar-refractivity contribution in [1.82, 2.24) is 19.8 Å². The van der Waals surface area contributed by atoms with E-state index in [2.05, 4.69) is 10.3 Å².